The summed E-state index contributed by atoms with van der Waals surface area (Å²) in [6, 6.07) is 3.18. The van der Waals surface area contributed by atoms with Gasteiger partial charge in [0.1, 0.15) is 5.82 Å². The number of hydrogen-bond acceptors (Lipinski definition) is 3. The molecule has 1 N–H and O–H groups in total. The van der Waals surface area contributed by atoms with E-state index in [4.69, 9.17) is 0 Å². The van der Waals surface area contributed by atoms with Gasteiger partial charge in [0, 0.05) is 37.4 Å². The van der Waals surface area contributed by atoms with Gasteiger partial charge in [-0.05, 0) is 38.5 Å². The molecule has 1 atom stereocenters. The fourth-order valence-corrected chi connectivity index (χ4v) is 3.53. The average molecular weight is 331 g/mol. The molecular formula is C18H22FN3O2. The van der Waals surface area contributed by atoms with Gasteiger partial charge in [-0.3, -0.25) is 9.59 Å². The summed E-state index contributed by atoms with van der Waals surface area (Å²) < 4.78 is 14.6. The predicted octanol–water partition coefficient (Wildman–Crippen LogP) is 2.35. The summed E-state index contributed by atoms with van der Waals surface area (Å²) in [6.07, 6.45) is 2.08. The monoisotopic (exact) mass is 331 g/mol. The number of rotatable bonds is 3. The van der Waals surface area contributed by atoms with Gasteiger partial charge in [-0.1, -0.05) is 6.58 Å². The van der Waals surface area contributed by atoms with Crippen LogP contribution < -0.4 is 5.32 Å². The van der Waals surface area contributed by atoms with Crippen molar-refractivity contribution in [3.8, 4) is 0 Å². The molecule has 1 fully saturated rings. The quantitative estimate of drug-likeness (QED) is 0.865. The topological polar surface area (TPSA) is 52.7 Å². The van der Waals surface area contributed by atoms with E-state index in [9.17, 15) is 14.0 Å². The zero-order valence-corrected chi connectivity index (χ0v) is 14.2. The SMILES string of the molecule is C=CC(=O)N1CCC(Nc2cc(F)c3c(c2)C(=O)N(C)C3(C)C)C1. The van der Waals surface area contributed by atoms with Crippen LogP contribution in [0.1, 0.15) is 36.2 Å². The maximum Gasteiger partial charge on any atom is 0.254 e. The first kappa shape index (κ1) is 16.5. The minimum Gasteiger partial charge on any atom is -0.380 e. The van der Waals surface area contributed by atoms with E-state index in [1.165, 1.54) is 12.1 Å². The fraction of sp³-hybridized carbons (Fsp3) is 0.444. The molecule has 2 amide bonds. The van der Waals surface area contributed by atoms with E-state index in [0.29, 0.717) is 29.9 Å². The number of benzene rings is 1. The average Bonchev–Trinajstić information content (AvgIpc) is 3.05. The van der Waals surface area contributed by atoms with E-state index in [1.54, 1.807) is 22.9 Å². The van der Waals surface area contributed by atoms with E-state index in [-0.39, 0.29) is 23.7 Å². The number of anilines is 1. The Bertz CT molecular complexity index is 729. The number of likely N-dealkylation sites (tertiary alicyclic amines) is 1. The largest absolute Gasteiger partial charge is 0.380 e. The standard InChI is InChI=1S/C18H22FN3O2/c1-5-15(23)22-7-6-11(10-22)20-12-8-13-16(14(19)9-12)18(2,3)21(4)17(13)24/h5,8-9,11,20H,1,6-7,10H2,2-4H3. The van der Waals surface area contributed by atoms with Gasteiger partial charge in [0.15, 0.2) is 0 Å². The molecule has 3 rings (SSSR count). The second-order valence-corrected chi connectivity index (χ2v) is 6.92. The van der Waals surface area contributed by atoms with Crippen LogP contribution in [0.3, 0.4) is 0 Å². The first-order valence-corrected chi connectivity index (χ1v) is 8.05. The molecule has 0 radical (unpaired) electrons. The summed E-state index contributed by atoms with van der Waals surface area (Å²) in [7, 11) is 1.69. The Morgan fingerprint density at radius 1 is 1.46 bits per heavy atom. The highest BCUT2D eigenvalue weighted by Crippen LogP contribution is 2.40. The lowest BCUT2D eigenvalue weighted by Crippen LogP contribution is -2.35. The number of halogens is 1. The Labute approximate surface area is 141 Å². The molecule has 5 nitrogen and oxygen atoms in total. The van der Waals surface area contributed by atoms with Crippen molar-refractivity contribution < 1.29 is 14.0 Å². The minimum atomic E-state index is -0.657. The Hall–Kier alpha value is -2.37. The number of hydrogen-bond donors (Lipinski definition) is 1. The fourth-order valence-electron chi connectivity index (χ4n) is 3.53. The summed E-state index contributed by atoms with van der Waals surface area (Å²) >= 11 is 0. The van der Waals surface area contributed by atoms with E-state index in [0.717, 1.165) is 6.42 Å². The van der Waals surface area contributed by atoms with E-state index >= 15 is 0 Å². The van der Waals surface area contributed by atoms with Gasteiger partial charge in [0.25, 0.3) is 5.91 Å². The molecule has 2 heterocycles. The molecule has 0 saturated carbocycles. The van der Waals surface area contributed by atoms with Crippen molar-refractivity contribution in [1.82, 2.24) is 9.80 Å². The number of nitrogens with zero attached hydrogens (tertiary/aromatic N) is 2. The first-order chi connectivity index (χ1) is 11.3. The van der Waals surface area contributed by atoms with Gasteiger partial charge in [-0.2, -0.15) is 0 Å². The van der Waals surface area contributed by atoms with Crippen LogP contribution in [0, 0.1) is 5.82 Å². The molecule has 0 aromatic heterocycles. The van der Waals surface area contributed by atoms with Crippen LogP contribution in [0.5, 0.6) is 0 Å². The van der Waals surface area contributed by atoms with Crippen molar-refractivity contribution in [1.29, 1.82) is 0 Å². The van der Waals surface area contributed by atoms with Gasteiger partial charge in [0.2, 0.25) is 5.91 Å². The van der Waals surface area contributed by atoms with Crippen molar-refractivity contribution in [3.05, 3.63) is 41.7 Å². The summed E-state index contributed by atoms with van der Waals surface area (Å²) in [4.78, 5) is 27.3. The zero-order valence-electron chi connectivity index (χ0n) is 14.2. The highest BCUT2D eigenvalue weighted by atomic mass is 19.1. The van der Waals surface area contributed by atoms with Crippen LogP contribution >= 0.6 is 0 Å². The van der Waals surface area contributed by atoms with Crippen LogP contribution in [0.4, 0.5) is 10.1 Å². The van der Waals surface area contributed by atoms with Crippen molar-refractivity contribution in [2.75, 3.05) is 25.5 Å². The molecule has 24 heavy (non-hydrogen) atoms. The van der Waals surface area contributed by atoms with Crippen LogP contribution in [0.15, 0.2) is 24.8 Å². The van der Waals surface area contributed by atoms with Crippen molar-refractivity contribution in [2.45, 2.75) is 31.8 Å². The number of nitrogens with one attached hydrogen (secondary N) is 1. The third-order valence-corrected chi connectivity index (χ3v) is 5.12. The minimum absolute atomic E-state index is 0.0357. The van der Waals surface area contributed by atoms with E-state index < -0.39 is 5.54 Å². The molecule has 2 aliphatic heterocycles. The van der Waals surface area contributed by atoms with Crippen LogP contribution in [-0.2, 0) is 10.3 Å². The highest BCUT2D eigenvalue weighted by molar-refractivity contribution is 6.00. The first-order valence-electron chi connectivity index (χ1n) is 8.05. The lowest BCUT2D eigenvalue weighted by atomic mass is 9.93. The second kappa shape index (κ2) is 5.61. The molecule has 0 spiro atoms. The molecule has 128 valence electrons. The Kier molecular flexibility index (Phi) is 3.86. The van der Waals surface area contributed by atoms with Crippen LogP contribution in [0.25, 0.3) is 0 Å². The molecular weight excluding hydrogens is 309 g/mol. The van der Waals surface area contributed by atoms with Gasteiger partial charge < -0.3 is 15.1 Å². The summed E-state index contributed by atoms with van der Waals surface area (Å²) in [5, 5.41) is 3.24. The molecule has 0 bridgehead atoms. The third-order valence-electron chi connectivity index (χ3n) is 5.12. The second-order valence-electron chi connectivity index (χ2n) is 6.92. The van der Waals surface area contributed by atoms with Crippen LogP contribution in [-0.4, -0.2) is 47.8 Å². The molecule has 1 unspecified atom stereocenters. The molecule has 1 aromatic carbocycles. The lowest BCUT2D eigenvalue weighted by molar-refractivity contribution is -0.125. The van der Waals surface area contributed by atoms with Crippen molar-refractivity contribution in [3.63, 3.8) is 0 Å². The maximum absolute atomic E-state index is 14.6. The van der Waals surface area contributed by atoms with Crippen molar-refractivity contribution >= 4 is 17.5 Å². The Morgan fingerprint density at radius 2 is 2.17 bits per heavy atom. The number of carbonyl (C=O) groups excluding carboxylic acids is 2. The Morgan fingerprint density at radius 3 is 2.83 bits per heavy atom. The normalized spacial score (nSPS) is 21.8. The van der Waals surface area contributed by atoms with Crippen molar-refractivity contribution in [2.24, 2.45) is 0 Å². The number of amides is 2. The summed E-state index contributed by atoms with van der Waals surface area (Å²) in [5.74, 6) is -0.653. The van der Waals surface area contributed by atoms with Gasteiger partial charge >= 0.3 is 0 Å². The highest BCUT2D eigenvalue weighted by Gasteiger charge is 2.43. The molecule has 0 aliphatic carbocycles. The summed E-state index contributed by atoms with van der Waals surface area (Å²) in [5.41, 5.74) is 0.760. The van der Waals surface area contributed by atoms with Crippen LogP contribution in [0.2, 0.25) is 0 Å². The summed E-state index contributed by atoms with van der Waals surface area (Å²) in [6.45, 7) is 8.35. The molecule has 2 aliphatic rings. The zero-order chi connectivity index (χ0) is 17.6. The van der Waals surface area contributed by atoms with E-state index in [1.807, 2.05) is 13.8 Å². The molecule has 1 aromatic rings. The van der Waals surface area contributed by atoms with Gasteiger partial charge in [0.05, 0.1) is 11.1 Å². The molecule has 6 heteroatoms. The smallest absolute Gasteiger partial charge is 0.254 e. The third kappa shape index (κ3) is 2.46. The van der Waals surface area contributed by atoms with Gasteiger partial charge in [-0.25, -0.2) is 4.39 Å². The maximum atomic E-state index is 14.6. The number of carbonyl (C=O) groups is 2. The van der Waals surface area contributed by atoms with Gasteiger partial charge in [-0.15, -0.1) is 0 Å². The molecule has 1 saturated heterocycles. The number of fused-ring (bicyclic) bond motifs is 1. The van der Waals surface area contributed by atoms with E-state index in [2.05, 4.69) is 11.9 Å². The predicted molar refractivity (Wildman–Crippen MR) is 90.3 cm³/mol. The Balaban J connectivity index is 1.83. The lowest BCUT2D eigenvalue weighted by Gasteiger charge is -2.28.